The van der Waals surface area contributed by atoms with E-state index in [9.17, 15) is 4.79 Å². The SMILES string of the molecule is Cn1cc(C2CN(C(=O)c3cn(-c4ccccc4)cn3)Cc3ccccc32)cn1. The van der Waals surface area contributed by atoms with Crippen LogP contribution in [0, 0.1) is 0 Å². The molecular weight excluding hydrogens is 362 g/mol. The Balaban J connectivity index is 1.46. The van der Waals surface area contributed by atoms with Crippen molar-refractivity contribution >= 4 is 5.91 Å². The standard InChI is InChI=1S/C23H21N5O/c1-26-12-18(11-25-26)21-14-27(13-17-7-5-6-10-20(17)21)23(29)22-15-28(16-24-22)19-8-3-2-4-9-19/h2-12,15-16,21H,13-14H2,1H3. The van der Waals surface area contributed by atoms with Gasteiger partial charge in [0.2, 0.25) is 0 Å². The average molecular weight is 383 g/mol. The number of aryl methyl sites for hydroxylation is 1. The van der Waals surface area contributed by atoms with Crippen molar-refractivity contribution < 1.29 is 4.79 Å². The maximum atomic E-state index is 13.3. The third-order valence-electron chi connectivity index (χ3n) is 5.47. The van der Waals surface area contributed by atoms with E-state index in [1.54, 1.807) is 17.2 Å². The summed E-state index contributed by atoms with van der Waals surface area (Å²) in [4.78, 5) is 19.5. The Kier molecular flexibility index (Phi) is 4.24. The second-order valence-corrected chi connectivity index (χ2v) is 7.39. The molecule has 2 aromatic heterocycles. The van der Waals surface area contributed by atoms with E-state index in [2.05, 4.69) is 28.3 Å². The molecule has 4 aromatic rings. The third kappa shape index (κ3) is 3.23. The number of fused-ring (bicyclic) bond motifs is 1. The number of amides is 1. The number of hydrogen-bond donors (Lipinski definition) is 0. The van der Waals surface area contributed by atoms with Gasteiger partial charge in [0.05, 0.1) is 6.20 Å². The van der Waals surface area contributed by atoms with Gasteiger partial charge in [-0.3, -0.25) is 9.48 Å². The Hall–Kier alpha value is -3.67. The van der Waals surface area contributed by atoms with Gasteiger partial charge in [0.25, 0.3) is 5.91 Å². The van der Waals surface area contributed by atoms with Crippen LogP contribution in [0.4, 0.5) is 0 Å². The first-order valence-electron chi connectivity index (χ1n) is 9.64. The van der Waals surface area contributed by atoms with Crippen LogP contribution < -0.4 is 0 Å². The lowest BCUT2D eigenvalue weighted by atomic mass is 9.86. The maximum Gasteiger partial charge on any atom is 0.274 e. The first-order valence-corrected chi connectivity index (χ1v) is 9.64. The molecule has 0 saturated carbocycles. The topological polar surface area (TPSA) is 56.0 Å². The molecule has 6 heteroatoms. The molecule has 29 heavy (non-hydrogen) atoms. The van der Waals surface area contributed by atoms with Gasteiger partial charge < -0.3 is 9.47 Å². The molecule has 0 bridgehead atoms. The molecule has 1 amide bonds. The fourth-order valence-electron chi connectivity index (χ4n) is 4.00. The molecule has 1 unspecified atom stereocenters. The number of imidazole rings is 1. The molecule has 0 aliphatic carbocycles. The molecule has 0 saturated heterocycles. The van der Waals surface area contributed by atoms with E-state index in [0.29, 0.717) is 18.8 Å². The number of benzene rings is 2. The van der Waals surface area contributed by atoms with Gasteiger partial charge >= 0.3 is 0 Å². The minimum Gasteiger partial charge on any atom is -0.332 e. The molecule has 6 nitrogen and oxygen atoms in total. The highest BCUT2D eigenvalue weighted by atomic mass is 16.2. The molecule has 1 atom stereocenters. The van der Waals surface area contributed by atoms with Crippen molar-refractivity contribution in [3.8, 4) is 5.69 Å². The van der Waals surface area contributed by atoms with Crippen LogP contribution in [0.15, 0.2) is 79.5 Å². The fourth-order valence-corrected chi connectivity index (χ4v) is 4.00. The van der Waals surface area contributed by atoms with Crippen LogP contribution in [0.5, 0.6) is 0 Å². The molecule has 144 valence electrons. The van der Waals surface area contributed by atoms with E-state index in [1.807, 2.05) is 65.3 Å². The summed E-state index contributed by atoms with van der Waals surface area (Å²) in [5, 5.41) is 4.33. The molecule has 2 aromatic carbocycles. The van der Waals surface area contributed by atoms with Crippen LogP contribution in [0.1, 0.15) is 33.1 Å². The number of para-hydroxylation sites is 1. The average Bonchev–Trinajstić information content (AvgIpc) is 3.42. The third-order valence-corrected chi connectivity index (χ3v) is 5.47. The fraction of sp³-hybridized carbons (Fsp3) is 0.174. The van der Waals surface area contributed by atoms with Gasteiger partial charge in [0.15, 0.2) is 0 Å². The zero-order valence-electron chi connectivity index (χ0n) is 16.1. The van der Waals surface area contributed by atoms with Crippen molar-refractivity contribution in [3.05, 3.63) is 102 Å². The van der Waals surface area contributed by atoms with Gasteiger partial charge in [-0.2, -0.15) is 5.10 Å². The number of aromatic nitrogens is 4. The van der Waals surface area contributed by atoms with Crippen molar-refractivity contribution in [1.82, 2.24) is 24.2 Å². The van der Waals surface area contributed by atoms with Crippen molar-refractivity contribution in [2.75, 3.05) is 6.54 Å². The molecule has 1 aliphatic rings. The largest absolute Gasteiger partial charge is 0.332 e. The van der Waals surface area contributed by atoms with Crippen molar-refractivity contribution in [2.45, 2.75) is 12.5 Å². The van der Waals surface area contributed by atoms with Crippen LogP contribution >= 0.6 is 0 Å². The van der Waals surface area contributed by atoms with E-state index in [-0.39, 0.29) is 11.8 Å². The Labute approximate surface area is 169 Å². The van der Waals surface area contributed by atoms with Crippen molar-refractivity contribution in [2.24, 2.45) is 7.05 Å². The molecule has 3 heterocycles. The number of nitrogens with zero attached hydrogens (tertiary/aromatic N) is 5. The first kappa shape index (κ1) is 17.4. The van der Waals surface area contributed by atoms with E-state index in [4.69, 9.17) is 0 Å². The lowest BCUT2D eigenvalue weighted by molar-refractivity contribution is 0.0719. The normalized spacial score (nSPS) is 15.9. The summed E-state index contributed by atoms with van der Waals surface area (Å²) < 4.78 is 3.68. The summed E-state index contributed by atoms with van der Waals surface area (Å²) >= 11 is 0. The number of rotatable bonds is 3. The van der Waals surface area contributed by atoms with Gasteiger partial charge in [-0.25, -0.2) is 4.98 Å². The summed E-state index contributed by atoms with van der Waals surface area (Å²) in [6, 6.07) is 18.2. The summed E-state index contributed by atoms with van der Waals surface area (Å²) in [6.45, 7) is 1.20. The molecular formula is C23H21N5O. The minimum atomic E-state index is -0.0527. The van der Waals surface area contributed by atoms with Crippen LogP contribution in [0.2, 0.25) is 0 Å². The smallest absolute Gasteiger partial charge is 0.274 e. The van der Waals surface area contributed by atoms with Gasteiger partial charge in [-0.05, 0) is 28.8 Å². The van der Waals surface area contributed by atoms with Gasteiger partial charge in [-0.1, -0.05) is 42.5 Å². The molecule has 0 fully saturated rings. The second kappa shape index (κ2) is 7.05. The predicted molar refractivity (Wildman–Crippen MR) is 110 cm³/mol. The highest BCUT2D eigenvalue weighted by molar-refractivity contribution is 5.92. The van der Waals surface area contributed by atoms with Crippen LogP contribution in [-0.4, -0.2) is 36.7 Å². The van der Waals surface area contributed by atoms with Crippen molar-refractivity contribution in [3.63, 3.8) is 0 Å². The Bertz CT molecular complexity index is 1160. The van der Waals surface area contributed by atoms with E-state index >= 15 is 0 Å². The summed E-state index contributed by atoms with van der Waals surface area (Å²) in [5.41, 5.74) is 4.99. The minimum absolute atomic E-state index is 0.0527. The van der Waals surface area contributed by atoms with Crippen LogP contribution in [0.3, 0.4) is 0 Å². The number of carbonyl (C=O) groups excluding carboxylic acids is 1. The quantitative estimate of drug-likeness (QED) is 0.545. The predicted octanol–water partition coefficient (Wildman–Crippen LogP) is 3.39. The van der Waals surface area contributed by atoms with Gasteiger partial charge in [0, 0.05) is 44.1 Å². The zero-order valence-corrected chi connectivity index (χ0v) is 16.1. The molecule has 0 radical (unpaired) electrons. The Morgan fingerprint density at radius 1 is 1.03 bits per heavy atom. The summed E-state index contributed by atoms with van der Waals surface area (Å²) in [5.74, 6) is 0.0527. The maximum absolute atomic E-state index is 13.3. The Morgan fingerprint density at radius 2 is 1.83 bits per heavy atom. The van der Waals surface area contributed by atoms with Crippen LogP contribution in [0.25, 0.3) is 5.69 Å². The lowest BCUT2D eigenvalue weighted by Gasteiger charge is -2.34. The molecule has 0 spiro atoms. The monoisotopic (exact) mass is 383 g/mol. The lowest BCUT2D eigenvalue weighted by Crippen LogP contribution is -2.38. The van der Waals surface area contributed by atoms with Gasteiger partial charge in [0.1, 0.15) is 12.0 Å². The van der Waals surface area contributed by atoms with Crippen LogP contribution in [-0.2, 0) is 13.6 Å². The van der Waals surface area contributed by atoms with E-state index < -0.39 is 0 Å². The molecule has 1 aliphatic heterocycles. The summed E-state index contributed by atoms with van der Waals surface area (Å²) in [6.07, 6.45) is 7.41. The first-order chi connectivity index (χ1) is 14.2. The molecule has 5 rings (SSSR count). The summed E-state index contributed by atoms with van der Waals surface area (Å²) in [7, 11) is 1.91. The molecule has 0 N–H and O–H groups in total. The Morgan fingerprint density at radius 3 is 2.62 bits per heavy atom. The van der Waals surface area contributed by atoms with Crippen molar-refractivity contribution in [1.29, 1.82) is 0 Å². The highest BCUT2D eigenvalue weighted by Gasteiger charge is 2.31. The van der Waals surface area contributed by atoms with Gasteiger partial charge in [-0.15, -0.1) is 0 Å². The highest BCUT2D eigenvalue weighted by Crippen LogP contribution is 2.33. The van der Waals surface area contributed by atoms with E-state index in [1.165, 1.54) is 11.1 Å². The van der Waals surface area contributed by atoms with E-state index in [0.717, 1.165) is 11.3 Å². The number of carbonyl (C=O) groups is 1. The second-order valence-electron chi connectivity index (χ2n) is 7.39. The number of hydrogen-bond acceptors (Lipinski definition) is 3. The zero-order chi connectivity index (χ0) is 19.8.